The number of rotatable bonds is 13. The first-order valence-electron chi connectivity index (χ1n) is 23.7. The van der Waals surface area contributed by atoms with Crippen LogP contribution in [0.2, 0.25) is 0 Å². The standard InChI is InChI=1S/C47H82O14/c1-12-37-42(9,52)19-18-38(57-37)43(10)23-29(6)47(55,61-43)44(11)20-17-35(58-44)40(49)46(54)28(5)21-26(3)36(60-46)24-45(53)27(4)14-16-34(59-45)30(7)33(48)22-32-15-13-25(2)39(56-32)31(8)41(50)51/h25-40,48-49,52-55H,12-24H2,1-11H3,(H,50,51)/t25-,26-,27-,28+,29+,30-,31+,32+,33+,34+,35+,36+,37-,38+,39-,40+,42+,43-,44-,45+,46+,47+/m0/s1. The lowest BCUT2D eigenvalue weighted by atomic mass is 9.76. The van der Waals surface area contributed by atoms with E-state index in [4.69, 9.17) is 28.4 Å². The predicted octanol–water partition coefficient (Wildman–Crippen LogP) is 5.43. The highest BCUT2D eigenvalue weighted by molar-refractivity contribution is 5.70. The molecule has 6 fully saturated rings. The molecule has 22 atom stereocenters. The van der Waals surface area contributed by atoms with Gasteiger partial charge in [-0.1, -0.05) is 48.5 Å². The van der Waals surface area contributed by atoms with E-state index in [1.807, 2.05) is 55.4 Å². The molecule has 7 N–H and O–H groups in total. The molecular formula is C47H82O14. The van der Waals surface area contributed by atoms with Gasteiger partial charge in [0.15, 0.2) is 17.4 Å². The van der Waals surface area contributed by atoms with Crippen molar-refractivity contribution in [2.75, 3.05) is 0 Å². The van der Waals surface area contributed by atoms with E-state index in [0.717, 1.165) is 12.8 Å². The smallest absolute Gasteiger partial charge is 0.308 e. The van der Waals surface area contributed by atoms with Crippen molar-refractivity contribution in [3.05, 3.63) is 0 Å². The largest absolute Gasteiger partial charge is 0.481 e. The minimum Gasteiger partial charge on any atom is -0.481 e. The van der Waals surface area contributed by atoms with Gasteiger partial charge in [0.05, 0.1) is 66.0 Å². The van der Waals surface area contributed by atoms with E-state index in [2.05, 4.69) is 0 Å². The summed E-state index contributed by atoms with van der Waals surface area (Å²) >= 11 is 0. The van der Waals surface area contributed by atoms with Gasteiger partial charge in [0.1, 0.15) is 11.7 Å². The van der Waals surface area contributed by atoms with Crippen LogP contribution < -0.4 is 0 Å². The Labute approximate surface area is 364 Å². The normalized spacial score (nSPS) is 51.8. The van der Waals surface area contributed by atoms with Crippen molar-refractivity contribution in [2.45, 2.75) is 249 Å². The van der Waals surface area contributed by atoms with Gasteiger partial charge in [0, 0.05) is 30.1 Å². The SMILES string of the molecule is CC[C@@H]1O[C@@H]([C@]2(C)C[C@@H](C)[C@](O)([C@]3(C)CC[C@H]([C@@H](O)[C@]4(O)O[C@H](C[C@@]5(O)O[C@@H]([C@@H](C)[C@H](O)C[C@H]6CC[C@H](C)[C@@H]([C@@H](C)C(=O)O)O6)CC[C@@H]5C)[C@@H](C)C[C@H]4C)O3)O2)CC[C@@]1(C)O. The van der Waals surface area contributed by atoms with Crippen LogP contribution in [0.4, 0.5) is 0 Å². The number of aliphatic hydroxyl groups excluding tert-OH is 2. The average molecular weight is 871 g/mol. The number of hydrogen-bond donors (Lipinski definition) is 7. The van der Waals surface area contributed by atoms with Crippen LogP contribution in [0.3, 0.4) is 0 Å². The van der Waals surface area contributed by atoms with Crippen molar-refractivity contribution < 1.29 is 69.0 Å². The molecule has 0 bridgehead atoms. The van der Waals surface area contributed by atoms with Crippen molar-refractivity contribution >= 4 is 5.97 Å². The second kappa shape index (κ2) is 18.0. The Balaban J connectivity index is 1.09. The predicted molar refractivity (Wildman–Crippen MR) is 225 cm³/mol. The molecule has 6 rings (SSSR count). The summed E-state index contributed by atoms with van der Waals surface area (Å²) in [7, 11) is 0. The summed E-state index contributed by atoms with van der Waals surface area (Å²) in [6, 6.07) is 0. The molecule has 0 spiro atoms. The molecule has 0 aromatic carbocycles. The van der Waals surface area contributed by atoms with E-state index < -0.39 is 88.6 Å². The summed E-state index contributed by atoms with van der Waals surface area (Å²) in [6.45, 7) is 20.8. The number of carboxylic acids is 1. The van der Waals surface area contributed by atoms with Gasteiger partial charge in [-0.15, -0.1) is 0 Å². The number of ether oxygens (including phenoxy) is 6. The lowest BCUT2D eigenvalue weighted by Gasteiger charge is -2.52. The highest BCUT2D eigenvalue weighted by Gasteiger charge is 2.67. The molecular weight excluding hydrogens is 789 g/mol. The number of carboxylic acid groups (broad SMARTS) is 1. The molecule has 6 heterocycles. The molecule has 14 nitrogen and oxygen atoms in total. The van der Waals surface area contributed by atoms with Gasteiger partial charge in [-0.2, -0.15) is 0 Å². The van der Waals surface area contributed by atoms with Crippen LogP contribution >= 0.6 is 0 Å². The summed E-state index contributed by atoms with van der Waals surface area (Å²) in [4.78, 5) is 11.7. The zero-order chi connectivity index (χ0) is 45.2. The fourth-order valence-electron chi connectivity index (χ4n) is 12.3. The average Bonchev–Trinajstić information content (AvgIpc) is 3.72. The molecule has 0 saturated carbocycles. The first kappa shape index (κ1) is 49.4. The summed E-state index contributed by atoms with van der Waals surface area (Å²) in [5.74, 6) is -8.40. The molecule has 61 heavy (non-hydrogen) atoms. The number of aliphatic carboxylic acids is 1. The van der Waals surface area contributed by atoms with E-state index in [1.165, 1.54) is 0 Å². The fraction of sp³-hybridized carbons (Fsp3) is 0.979. The quantitative estimate of drug-likeness (QED) is 0.123. The van der Waals surface area contributed by atoms with Crippen LogP contribution in [0.5, 0.6) is 0 Å². The molecule has 0 aromatic rings. The molecule has 0 amide bonds. The highest BCUT2D eigenvalue weighted by Crippen LogP contribution is 2.56. The minimum atomic E-state index is -2.03. The zero-order valence-electron chi connectivity index (χ0n) is 38.9. The van der Waals surface area contributed by atoms with E-state index in [0.29, 0.717) is 64.2 Å². The van der Waals surface area contributed by atoms with Crippen molar-refractivity contribution in [3.63, 3.8) is 0 Å². The first-order valence-corrected chi connectivity index (χ1v) is 23.7. The monoisotopic (exact) mass is 871 g/mol. The van der Waals surface area contributed by atoms with E-state index in [-0.39, 0.29) is 54.3 Å². The maximum Gasteiger partial charge on any atom is 0.308 e. The summed E-state index contributed by atoms with van der Waals surface area (Å²) in [6.07, 6.45) is 0.932. The molecule has 0 aliphatic carbocycles. The van der Waals surface area contributed by atoms with Gasteiger partial charge in [0.25, 0.3) is 0 Å². The maximum absolute atomic E-state index is 12.4. The Morgan fingerprint density at radius 1 is 0.770 bits per heavy atom. The Bertz CT molecular complexity index is 1510. The Kier molecular flexibility index (Phi) is 14.6. The molecule has 6 aliphatic heterocycles. The van der Waals surface area contributed by atoms with Gasteiger partial charge < -0.3 is 64.2 Å². The third-order valence-corrected chi connectivity index (χ3v) is 17.0. The molecule has 0 unspecified atom stereocenters. The molecule has 354 valence electrons. The molecule has 6 saturated heterocycles. The Morgan fingerprint density at radius 3 is 2.11 bits per heavy atom. The van der Waals surface area contributed by atoms with Gasteiger partial charge in [0.2, 0.25) is 0 Å². The lowest BCUT2D eigenvalue weighted by molar-refractivity contribution is -0.373. The number of hydrogen-bond acceptors (Lipinski definition) is 13. The van der Waals surface area contributed by atoms with Gasteiger partial charge >= 0.3 is 5.97 Å². The second-order valence-electron chi connectivity index (χ2n) is 21.8. The van der Waals surface area contributed by atoms with E-state index >= 15 is 0 Å². The molecule has 14 heteroatoms. The third-order valence-electron chi connectivity index (χ3n) is 17.0. The molecule has 6 aliphatic rings. The highest BCUT2D eigenvalue weighted by atomic mass is 16.7. The van der Waals surface area contributed by atoms with Gasteiger partial charge in [-0.3, -0.25) is 4.79 Å². The zero-order valence-corrected chi connectivity index (χ0v) is 38.9. The van der Waals surface area contributed by atoms with Crippen molar-refractivity contribution in [2.24, 2.45) is 41.4 Å². The van der Waals surface area contributed by atoms with E-state index in [1.54, 1.807) is 20.8 Å². The molecule has 0 aromatic heterocycles. The van der Waals surface area contributed by atoms with Crippen LogP contribution in [-0.4, -0.2) is 131 Å². The maximum atomic E-state index is 12.4. The summed E-state index contributed by atoms with van der Waals surface area (Å²) in [5.41, 5.74) is -3.00. The van der Waals surface area contributed by atoms with Crippen LogP contribution in [0.1, 0.15) is 160 Å². The van der Waals surface area contributed by atoms with Crippen molar-refractivity contribution in [1.82, 2.24) is 0 Å². The van der Waals surface area contributed by atoms with Crippen LogP contribution in [0.15, 0.2) is 0 Å². The number of aliphatic hydroxyl groups is 6. The number of carbonyl (C=O) groups is 1. The van der Waals surface area contributed by atoms with Crippen LogP contribution in [-0.2, 0) is 33.2 Å². The van der Waals surface area contributed by atoms with Crippen LogP contribution in [0.25, 0.3) is 0 Å². The Morgan fingerprint density at radius 2 is 1.46 bits per heavy atom. The minimum absolute atomic E-state index is 0.0409. The molecule has 0 radical (unpaired) electrons. The van der Waals surface area contributed by atoms with Gasteiger partial charge in [-0.05, 0) is 117 Å². The first-order chi connectivity index (χ1) is 28.2. The second-order valence-corrected chi connectivity index (χ2v) is 21.8. The Hall–Kier alpha value is -1.01. The summed E-state index contributed by atoms with van der Waals surface area (Å²) < 4.78 is 39.0. The third kappa shape index (κ3) is 9.37. The lowest BCUT2D eigenvalue weighted by Crippen LogP contribution is -2.63. The fourth-order valence-corrected chi connectivity index (χ4v) is 12.3. The summed E-state index contributed by atoms with van der Waals surface area (Å²) in [5, 5.41) is 80.9. The van der Waals surface area contributed by atoms with Crippen molar-refractivity contribution in [3.8, 4) is 0 Å². The van der Waals surface area contributed by atoms with Crippen LogP contribution in [0, 0.1) is 41.4 Å². The van der Waals surface area contributed by atoms with Gasteiger partial charge in [-0.25, -0.2) is 0 Å². The topological polar surface area (TPSA) is 214 Å². The van der Waals surface area contributed by atoms with E-state index in [9.17, 15) is 40.5 Å². The van der Waals surface area contributed by atoms with Crippen molar-refractivity contribution in [1.29, 1.82) is 0 Å².